The number of halogens is 1. The van der Waals surface area contributed by atoms with Crippen molar-refractivity contribution in [1.82, 2.24) is 14.9 Å². The second-order valence-electron chi connectivity index (χ2n) is 7.54. The fourth-order valence-corrected chi connectivity index (χ4v) is 3.26. The summed E-state index contributed by atoms with van der Waals surface area (Å²) in [7, 11) is 0. The van der Waals surface area contributed by atoms with E-state index in [0.29, 0.717) is 24.5 Å². The third-order valence-electron chi connectivity index (χ3n) is 5.19. The Morgan fingerprint density at radius 1 is 0.938 bits per heavy atom. The molecule has 4 aromatic rings. The van der Waals surface area contributed by atoms with Crippen molar-refractivity contribution in [2.24, 2.45) is 0 Å². The minimum absolute atomic E-state index is 0.119. The monoisotopic (exact) mass is 429 g/mol. The number of carbonyl (C=O) groups is 1. The minimum atomic E-state index is -0.263. The zero-order valence-electron chi connectivity index (χ0n) is 17.8. The normalized spacial score (nSPS) is 10.7. The molecule has 0 bridgehead atoms. The van der Waals surface area contributed by atoms with Crippen LogP contribution in [0.3, 0.4) is 0 Å². The first-order valence-corrected chi connectivity index (χ1v) is 10.4. The molecule has 1 amide bonds. The molecular formula is C26H24FN3O2. The molecular weight excluding hydrogens is 405 g/mol. The number of imidazole rings is 1. The van der Waals surface area contributed by atoms with Gasteiger partial charge in [-0.25, -0.2) is 9.37 Å². The van der Waals surface area contributed by atoms with E-state index in [1.54, 1.807) is 18.3 Å². The second-order valence-corrected chi connectivity index (χ2v) is 7.54. The van der Waals surface area contributed by atoms with Crippen LogP contribution in [0.25, 0.3) is 0 Å². The molecule has 1 N–H and O–H groups in total. The molecule has 0 spiro atoms. The van der Waals surface area contributed by atoms with Gasteiger partial charge in [-0.05, 0) is 60.0 Å². The molecule has 0 atom stereocenters. The van der Waals surface area contributed by atoms with E-state index in [9.17, 15) is 9.18 Å². The molecule has 6 heteroatoms. The number of hydrogen-bond acceptors (Lipinski definition) is 3. The summed E-state index contributed by atoms with van der Waals surface area (Å²) in [5, 5.41) is 2.94. The van der Waals surface area contributed by atoms with E-state index in [4.69, 9.17) is 4.74 Å². The molecule has 162 valence electrons. The molecule has 32 heavy (non-hydrogen) atoms. The highest BCUT2D eigenvalue weighted by molar-refractivity contribution is 5.94. The molecule has 1 aromatic heterocycles. The Morgan fingerprint density at radius 2 is 1.59 bits per heavy atom. The Balaban J connectivity index is 1.26. The van der Waals surface area contributed by atoms with Crippen molar-refractivity contribution < 1.29 is 13.9 Å². The first-order valence-electron chi connectivity index (χ1n) is 10.4. The summed E-state index contributed by atoms with van der Waals surface area (Å²) in [5.74, 6) is 1.29. The highest BCUT2D eigenvalue weighted by Crippen LogP contribution is 2.15. The lowest BCUT2D eigenvalue weighted by molar-refractivity contribution is 0.0951. The van der Waals surface area contributed by atoms with E-state index in [0.717, 1.165) is 29.1 Å². The van der Waals surface area contributed by atoms with Crippen LogP contribution in [0.5, 0.6) is 5.75 Å². The van der Waals surface area contributed by atoms with Gasteiger partial charge in [0.15, 0.2) is 0 Å². The zero-order valence-corrected chi connectivity index (χ0v) is 17.8. The third kappa shape index (κ3) is 5.60. The minimum Gasteiger partial charge on any atom is -0.489 e. The standard InChI is InChI=1S/C26H24FN3O2/c1-19-28-14-15-30(19)17-21-2-8-23(9-3-21)26(31)29-16-20-6-12-25(13-7-20)32-18-22-4-10-24(27)11-5-22/h2-15H,16-18H2,1H3,(H,29,31). The van der Waals surface area contributed by atoms with Crippen molar-refractivity contribution in [1.29, 1.82) is 0 Å². The van der Waals surface area contributed by atoms with Crippen LogP contribution in [0.1, 0.15) is 32.9 Å². The van der Waals surface area contributed by atoms with Crippen LogP contribution in [0.15, 0.2) is 85.2 Å². The van der Waals surface area contributed by atoms with Gasteiger partial charge in [-0.3, -0.25) is 4.79 Å². The molecule has 5 nitrogen and oxygen atoms in total. The highest BCUT2D eigenvalue weighted by Gasteiger charge is 2.06. The average molecular weight is 429 g/mol. The van der Waals surface area contributed by atoms with Crippen molar-refractivity contribution in [3.8, 4) is 5.75 Å². The van der Waals surface area contributed by atoms with E-state index in [1.807, 2.05) is 61.7 Å². The van der Waals surface area contributed by atoms with Gasteiger partial charge in [0.25, 0.3) is 5.91 Å². The zero-order chi connectivity index (χ0) is 22.3. The predicted molar refractivity (Wildman–Crippen MR) is 121 cm³/mol. The molecule has 0 radical (unpaired) electrons. The molecule has 0 saturated carbocycles. The lowest BCUT2D eigenvalue weighted by Gasteiger charge is -2.09. The maximum absolute atomic E-state index is 13.0. The number of nitrogens with one attached hydrogen (secondary N) is 1. The van der Waals surface area contributed by atoms with E-state index in [1.165, 1.54) is 12.1 Å². The Labute approximate surface area is 186 Å². The summed E-state index contributed by atoms with van der Waals surface area (Å²) in [6.07, 6.45) is 3.72. The Kier molecular flexibility index (Phi) is 6.60. The van der Waals surface area contributed by atoms with E-state index in [-0.39, 0.29) is 11.7 Å². The number of hydrogen-bond donors (Lipinski definition) is 1. The number of aryl methyl sites for hydroxylation is 1. The van der Waals surface area contributed by atoms with Crippen molar-refractivity contribution in [2.45, 2.75) is 26.6 Å². The quantitative estimate of drug-likeness (QED) is 0.434. The van der Waals surface area contributed by atoms with Crippen LogP contribution in [0.4, 0.5) is 4.39 Å². The second kappa shape index (κ2) is 9.92. The van der Waals surface area contributed by atoms with Crippen LogP contribution in [-0.2, 0) is 19.7 Å². The number of amides is 1. The largest absolute Gasteiger partial charge is 0.489 e. The van der Waals surface area contributed by atoms with Crippen LogP contribution in [0.2, 0.25) is 0 Å². The molecule has 3 aromatic carbocycles. The lowest BCUT2D eigenvalue weighted by Crippen LogP contribution is -2.22. The molecule has 0 unspecified atom stereocenters. The van der Waals surface area contributed by atoms with Gasteiger partial charge in [0.1, 0.15) is 24.0 Å². The Hall–Kier alpha value is -3.93. The average Bonchev–Trinajstić information content (AvgIpc) is 3.22. The molecule has 0 saturated heterocycles. The van der Waals surface area contributed by atoms with E-state index >= 15 is 0 Å². The maximum Gasteiger partial charge on any atom is 0.251 e. The fourth-order valence-electron chi connectivity index (χ4n) is 3.26. The van der Waals surface area contributed by atoms with E-state index < -0.39 is 0 Å². The van der Waals surface area contributed by atoms with Crippen LogP contribution < -0.4 is 10.1 Å². The van der Waals surface area contributed by atoms with Gasteiger partial charge in [-0.1, -0.05) is 36.4 Å². The smallest absolute Gasteiger partial charge is 0.251 e. The number of ether oxygens (including phenoxy) is 1. The van der Waals surface area contributed by atoms with E-state index in [2.05, 4.69) is 14.9 Å². The van der Waals surface area contributed by atoms with Gasteiger partial charge < -0.3 is 14.6 Å². The number of aromatic nitrogens is 2. The maximum atomic E-state index is 13.0. The summed E-state index contributed by atoms with van der Waals surface area (Å²) in [4.78, 5) is 16.7. The number of carbonyl (C=O) groups excluding carboxylic acids is 1. The summed E-state index contributed by atoms with van der Waals surface area (Å²) in [6.45, 7) is 3.48. The summed E-state index contributed by atoms with van der Waals surface area (Å²) >= 11 is 0. The van der Waals surface area contributed by atoms with Crippen molar-refractivity contribution in [2.75, 3.05) is 0 Å². The van der Waals surface area contributed by atoms with Gasteiger partial charge in [-0.15, -0.1) is 0 Å². The fraction of sp³-hybridized carbons (Fsp3) is 0.154. The third-order valence-corrected chi connectivity index (χ3v) is 5.19. The first-order chi connectivity index (χ1) is 15.6. The number of benzene rings is 3. The van der Waals surface area contributed by atoms with Crippen LogP contribution in [-0.4, -0.2) is 15.5 Å². The van der Waals surface area contributed by atoms with Crippen LogP contribution >= 0.6 is 0 Å². The van der Waals surface area contributed by atoms with Crippen molar-refractivity contribution in [3.63, 3.8) is 0 Å². The topological polar surface area (TPSA) is 56.2 Å². The SMILES string of the molecule is Cc1nccn1Cc1ccc(C(=O)NCc2ccc(OCc3ccc(F)cc3)cc2)cc1. The van der Waals surface area contributed by atoms with Gasteiger partial charge >= 0.3 is 0 Å². The lowest BCUT2D eigenvalue weighted by atomic mass is 10.1. The van der Waals surface area contributed by atoms with Crippen LogP contribution in [0, 0.1) is 12.7 Å². The Bertz CT molecular complexity index is 1170. The number of nitrogens with zero attached hydrogens (tertiary/aromatic N) is 2. The first kappa shape index (κ1) is 21.3. The summed E-state index contributed by atoms with van der Waals surface area (Å²) < 4.78 is 20.7. The highest BCUT2D eigenvalue weighted by atomic mass is 19.1. The summed E-state index contributed by atoms with van der Waals surface area (Å²) in [5.41, 5.74) is 3.60. The molecule has 0 fully saturated rings. The molecule has 0 aliphatic carbocycles. The van der Waals surface area contributed by atoms with Gasteiger partial charge in [-0.2, -0.15) is 0 Å². The Morgan fingerprint density at radius 3 is 2.25 bits per heavy atom. The van der Waals surface area contributed by atoms with Crippen molar-refractivity contribution in [3.05, 3.63) is 119 Å². The molecule has 0 aliphatic rings. The molecule has 4 rings (SSSR count). The summed E-state index contributed by atoms with van der Waals surface area (Å²) in [6, 6.07) is 21.4. The van der Waals surface area contributed by atoms with Gasteiger partial charge in [0.05, 0.1) is 0 Å². The van der Waals surface area contributed by atoms with Gasteiger partial charge in [0, 0.05) is 31.0 Å². The number of rotatable bonds is 8. The predicted octanol–water partition coefficient (Wildman–Crippen LogP) is 4.89. The van der Waals surface area contributed by atoms with Gasteiger partial charge in [0.2, 0.25) is 0 Å². The molecule has 1 heterocycles. The molecule has 0 aliphatic heterocycles. The van der Waals surface area contributed by atoms with Crippen molar-refractivity contribution >= 4 is 5.91 Å².